The number of methoxy groups -OCH3 is 1. The minimum Gasteiger partial charge on any atom is -0.469 e. The maximum absolute atomic E-state index is 12.0. The highest BCUT2D eigenvalue weighted by Gasteiger charge is 2.45. The number of carbonyl (C=O) groups is 1. The highest BCUT2D eigenvalue weighted by molar-refractivity contribution is 5.77. The fraction of sp³-hybridized carbons (Fsp3) is 0.929. The van der Waals surface area contributed by atoms with Gasteiger partial charge in [-0.25, -0.2) is 0 Å². The van der Waals surface area contributed by atoms with Gasteiger partial charge in [0.25, 0.3) is 0 Å². The zero-order chi connectivity index (χ0) is 13.1. The molecule has 3 unspecified atom stereocenters. The van der Waals surface area contributed by atoms with Crippen LogP contribution in [0.4, 0.5) is 0 Å². The molecular weight excluding hydrogens is 200 g/mol. The van der Waals surface area contributed by atoms with E-state index in [-0.39, 0.29) is 11.9 Å². The van der Waals surface area contributed by atoms with Crippen molar-refractivity contribution < 1.29 is 9.53 Å². The Morgan fingerprint density at radius 2 is 1.50 bits per heavy atom. The molecule has 0 bridgehead atoms. The van der Waals surface area contributed by atoms with Gasteiger partial charge in [-0.3, -0.25) is 4.79 Å². The predicted octanol–water partition coefficient (Wildman–Crippen LogP) is 3.75. The van der Waals surface area contributed by atoms with Crippen molar-refractivity contribution in [2.75, 3.05) is 7.11 Å². The number of ether oxygens (including phenoxy) is 1. The molecule has 0 heterocycles. The van der Waals surface area contributed by atoms with Crippen LogP contribution in [0.2, 0.25) is 0 Å². The van der Waals surface area contributed by atoms with E-state index in [4.69, 9.17) is 4.74 Å². The Morgan fingerprint density at radius 3 is 1.75 bits per heavy atom. The lowest BCUT2D eigenvalue weighted by Gasteiger charge is -2.41. The molecule has 0 saturated carbocycles. The number of esters is 1. The fourth-order valence-electron chi connectivity index (χ4n) is 2.29. The molecule has 0 spiro atoms. The molecule has 96 valence electrons. The van der Waals surface area contributed by atoms with Gasteiger partial charge < -0.3 is 4.74 Å². The second-order valence-corrected chi connectivity index (χ2v) is 5.82. The largest absolute Gasteiger partial charge is 0.469 e. The zero-order valence-corrected chi connectivity index (χ0v) is 12.1. The summed E-state index contributed by atoms with van der Waals surface area (Å²) < 4.78 is 4.99. The lowest BCUT2D eigenvalue weighted by atomic mass is 9.63. The Kier molecular flexibility index (Phi) is 5.51. The summed E-state index contributed by atoms with van der Waals surface area (Å²) in [6.07, 6.45) is 0. The van der Waals surface area contributed by atoms with Gasteiger partial charge in [0.1, 0.15) is 0 Å². The molecule has 0 amide bonds. The van der Waals surface area contributed by atoms with Crippen LogP contribution in [0.5, 0.6) is 0 Å². The maximum Gasteiger partial charge on any atom is 0.312 e. The topological polar surface area (TPSA) is 26.3 Å². The third kappa shape index (κ3) is 2.78. The molecule has 2 heteroatoms. The molecular formula is C14H28O2. The maximum atomic E-state index is 12.0. The standard InChI is InChI=1S/C14H28O2/c1-9(2)11(5)12(6)14(7,10(3)4)13(15)16-8/h9-12H,1-8H3. The second-order valence-electron chi connectivity index (χ2n) is 5.82. The quantitative estimate of drug-likeness (QED) is 0.670. The van der Waals surface area contributed by atoms with Crippen molar-refractivity contribution in [2.24, 2.45) is 29.1 Å². The summed E-state index contributed by atoms with van der Waals surface area (Å²) in [7, 11) is 1.48. The van der Waals surface area contributed by atoms with Gasteiger partial charge in [-0.05, 0) is 30.6 Å². The molecule has 0 saturated heterocycles. The Hall–Kier alpha value is -0.530. The van der Waals surface area contributed by atoms with Crippen LogP contribution in [0.1, 0.15) is 48.5 Å². The van der Waals surface area contributed by atoms with Gasteiger partial charge in [-0.2, -0.15) is 0 Å². The van der Waals surface area contributed by atoms with E-state index in [9.17, 15) is 4.79 Å². The molecule has 0 N–H and O–H groups in total. The first kappa shape index (κ1) is 15.5. The van der Waals surface area contributed by atoms with E-state index < -0.39 is 5.41 Å². The van der Waals surface area contributed by atoms with Gasteiger partial charge in [0.15, 0.2) is 0 Å². The summed E-state index contributed by atoms with van der Waals surface area (Å²) in [5.74, 6) is 1.61. The number of carbonyl (C=O) groups excluding carboxylic acids is 1. The molecule has 0 aliphatic carbocycles. The van der Waals surface area contributed by atoms with E-state index in [0.717, 1.165) is 0 Å². The van der Waals surface area contributed by atoms with Crippen molar-refractivity contribution in [3.05, 3.63) is 0 Å². The van der Waals surface area contributed by atoms with Crippen LogP contribution in [0.3, 0.4) is 0 Å². The van der Waals surface area contributed by atoms with Crippen LogP contribution in [0.25, 0.3) is 0 Å². The summed E-state index contributed by atoms with van der Waals surface area (Å²) in [6.45, 7) is 15.0. The van der Waals surface area contributed by atoms with Gasteiger partial charge in [-0.15, -0.1) is 0 Å². The van der Waals surface area contributed by atoms with Crippen LogP contribution >= 0.6 is 0 Å². The lowest BCUT2D eigenvalue weighted by molar-refractivity contribution is -0.160. The summed E-state index contributed by atoms with van der Waals surface area (Å²) in [5, 5.41) is 0. The number of rotatable bonds is 5. The van der Waals surface area contributed by atoms with Crippen molar-refractivity contribution in [1.82, 2.24) is 0 Å². The molecule has 0 aromatic heterocycles. The molecule has 0 aromatic rings. The lowest BCUT2D eigenvalue weighted by Crippen LogP contribution is -2.43. The van der Waals surface area contributed by atoms with Crippen LogP contribution in [0.15, 0.2) is 0 Å². The minimum absolute atomic E-state index is 0.0810. The first-order valence-electron chi connectivity index (χ1n) is 6.27. The summed E-state index contributed by atoms with van der Waals surface area (Å²) >= 11 is 0. The van der Waals surface area contributed by atoms with Crippen molar-refractivity contribution in [3.8, 4) is 0 Å². The molecule has 0 aliphatic heterocycles. The van der Waals surface area contributed by atoms with Crippen LogP contribution in [-0.2, 0) is 9.53 Å². The molecule has 0 radical (unpaired) electrons. The van der Waals surface area contributed by atoms with E-state index in [1.165, 1.54) is 7.11 Å². The van der Waals surface area contributed by atoms with Gasteiger partial charge in [0.2, 0.25) is 0 Å². The van der Waals surface area contributed by atoms with Crippen molar-refractivity contribution in [2.45, 2.75) is 48.5 Å². The van der Waals surface area contributed by atoms with Gasteiger partial charge >= 0.3 is 5.97 Å². The van der Waals surface area contributed by atoms with Crippen molar-refractivity contribution in [1.29, 1.82) is 0 Å². The molecule has 3 atom stereocenters. The zero-order valence-electron chi connectivity index (χ0n) is 12.1. The number of hydrogen-bond acceptors (Lipinski definition) is 2. The van der Waals surface area contributed by atoms with Crippen molar-refractivity contribution in [3.63, 3.8) is 0 Å². The Labute approximate surface area is 101 Å². The minimum atomic E-state index is -0.390. The molecule has 0 aliphatic rings. The van der Waals surface area contributed by atoms with Crippen LogP contribution < -0.4 is 0 Å². The smallest absolute Gasteiger partial charge is 0.312 e. The van der Waals surface area contributed by atoms with E-state index in [0.29, 0.717) is 17.8 Å². The monoisotopic (exact) mass is 228 g/mol. The van der Waals surface area contributed by atoms with Gasteiger partial charge in [-0.1, -0.05) is 41.5 Å². The SMILES string of the molecule is COC(=O)C(C)(C(C)C)C(C)C(C)C(C)C. The highest BCUT2D eigenvalue weighted by atomic mass is 16.5. The average molecular weight is 228 g/mol. The van der Waals surface area contributed by atoms with Gasteiger partial charge in [0, 0.05) is 0 Å². The Bertz CT molecular complexity index is 233. The molecule has 0 rings (SSSR count). The Balaban J connectivity index is 5.13. The fourth-order valence-corrected chi connectivity index (χ4v) is 2.29. The summed E-state index contributed by atoms with van der Waals surface area (Å²) in [5.41, 5.74) is -0.390. The predicted molar refractivity (Wildman–Crippen MR) is 68.1 cm³/mol. The molecule has 2 nitrogen and oxygen atoms in total. The van der Waals surface area contributed by atoms with E-state index >= 15 is 0 Å². The van der Waals surface area contributed by atoms with Gasteiger partial charge in [0.05, 0.1) is 12.5 Å². The third-order valence-electron chi connectivity index (χ3n) is 4.61. The second kappa shape index (κ2) is 5.70. The van der Waals surface area contributed by atoms with E-state index in [2.05, 4.69) is 41.5 Å². The summed E-state index contributed by atoms with van der Waals surface area (Å²) in [4.78, 5) is 12.0. The third-order valence-corrected chi connectivity index (χ3v) is 4.61. The van der Waals surface area contributed by atoms with Crippen LogP contribution in [-0.4, -0.2) is 13.1 Å². The first-order valence-corrected chi connectivity index (χ1v) is 6.27. The summed E-state index contributed by atoms with van der Waals surface area (Å²) in [6, 6.07) is 0. The molecule has 0 aromatic carbocycles. The number of hydrogen-bond donors (Lipinski definition) is 0. The van der Waals surface area contributed by atoms with Crippen molar-refractivity contribution >= 4 is 5.97 Å². The highest BCUT2D eigenvalue weighted by Crippen LogP contribution is 2.42. The molecule has 0 fully saturated rings. The molecule has 16 heavy (non-hydrogen) atoms. The van der Waals surface area contributed by atoms with E-state index in [1.54, 1.807) is 0 Å². The first-order chi connectivity index (χ1) is 7.19. The normalized spacial score (nSPS) is 19.4. The Morgan fingerprint density at radius 1 is 1.06 bits per heavy atom. The van der Waals surface area contributed by atoms with Crippen LogP contribution in [0, 0.1) is 29.1 Å². The average Bonchev–Trinajstić information content (AvgIpc) is 2.23. The van der Waals surface area contributed by atoms with E-state index in [1.807, 2.05) is 6.92 Å².